The number of aryl methyl sites for hydroxylation is 1. The van der Waals surface area contributed by atoms with Gasteiger partial charge in [-0.05, 0) is 56.5 Å². The molecule has 0 atom stereocenters. The fourth-order valence-electron chi connectivity index (χ4n) is 2.05. The van der Waals surface area contributed by atoms with Gasteiger partial charge in [0.25, 0.3) is 10.0 Å². The molecule has 0 aliphatic heterocycles. The normalized spacial score (nSPS) is 12.7. The summed E-state index contributed by atoms with van der Waals surface area (Å²) in [5.74, 6) is 0. The summed E-state index contributed by atoms with van der Waals surface area (Å²) >= 11 is 10.3. The molecule has 0 fully saturated rings. The van der Waals surface area contributed by atoms with E-state index in [0.29, 0.717) is 21.0 Å². The van der Waals surface area contributed by atoms with Gasteiger partial charge < -0.3 is 0 Å². The summed E-state index contributed by atoms with van der Waals surface area (Å²) in [6.45, 7) is 2.23. The molecular formula is C17H16Br3NO2S. The number of nitrogens with zero attached hydrogens (tertiary/aromatic N) is 1. The van der Waals surface area contributed by atoms with E-state index in [2.05, 4.69) is 47.8 Å². The second-order valence-corrected chi connectivity index (χ2v) is 9.25. The molecule has 128 valence electrons. The van der Waals surface area contributed by atoms with E-state index in [-0.39, 0.29) is 4.90 Å². The summed E-state index contributed by atoms with van der Waals surface area (Å²) in [6, 6.07) is 16.4. The zero-order valence-electron chi connectivity index (χ0n) is 12.9. The second kappa shape index (κ2) is 8.65. The molecule has 0 N–H and O–H groups in total. The quantitative estimate of drug-likeness (QED) is 0.360. The lowest BCUT2D eigenvalue weighted by atomic mass is 10.2. The van der Waals surface area contributed by atoms with Crippen LogP contribution in [0.3, 0.4) is 0 Å². The number of hydrogen-bond acceptors (Lipinski definition) is 2. The van der Waals surface area contributed by atoms with Crippen LogP contribution in [0.2, 0.25) is 0 Å². The summed E-state index contributed by atoms with van der Waals surface area (Å²) in [5.41, 5.74) is 1.91. The van der Waals surface area contributed by atoms with Gasteiger partial charge in [-0.25, -0.2) is 8.42 Å². The van der Waals surface area contributed by atoms with Crippen LogP contribution in [0.4, 0.5) is 0 Å². The van der Waals surface area contributed by atoms with E-state index in [0.717, 1.165) is 11.1 Å². The Balaban J connectivity index is 2.50. The molecule has 3 nitrogen and oxygen atoms in total. The first-order valence-electron chi connectivity index (χ1n) is 7.14. The average molecular weight is 538 g/mol. The van der Waals surface area contributed by atoms with Gasteiger partial charge in [0, 0.05) is 11.9 Å². The van der Waals surface area contributed by atoms with Crippen LogP contribution in [-0.4, -0.2) is 24.6 Å². The van der Waals surface area contributed by atoms with Crippen LogP contribution < -0.4 is 0 Å². The van der Waals surface area contributed by atoms with Crippen LogP contribution in [0.1, 0.15) is 11.1 Å². The average Bonchev–Trinajstić information content (AvgIpc) is 2.59. The predicted octanol–water partition coefficient (Wildman–Crippen LogP) is 5.50. The lowest BCUT2D eigenvalue weighted by molar-refractivity contribution is 0.511. The van der Waals surface area contributed by atoms with Crippen molar-refractivity contribution >= 4 is 62.3 Å². The monoisotopic (exact) mass is 535 g/mol. The molecule has 7 heteroatoms. The summed E-state index contributed by atoms with van der Waals surface area (Å²) in [7, 11) is -3.66. The van der Waals surface area contributed by atoms with Crippen LogP contribution in [-0.2, 0) is 10.0 Å². The molecule has 0 saturated carbocycles. The predicted molar refractivity (Wildman–Crippen MR) is 110 cm³/mol. The van der Waals surface area contributed by atoms with Crippen LogP contribution in [0, 0.1) is 6.92 Å². The van der Waals surface area contributed by atoms with Crippen LogP contribution in [0.15, 0.2) is 64.1 Å². The molecule has 0 heterocycles. The maximum atomic E-state index is 13.0. The van der Waals surface area contributed by atoms with Gasteiger partial charge in [0.05, 0.1) is 9.38 Å². The van der Waals surface area contributed by atoms with Crippen molar-refractivity contribution in [2.75, 3.05) is 11.9 Å². The van der Waals surface area contributed by atoms with E-state index in [4.69, 9.17) is 0 Å². The minimum absolute atomic E-state index is 0.263. The van der Waals surface area contributed by atoms with Crippen molar-refractivity contribution < 1.29 is 8.42 Å². The lowest BCUT2D eigenvalue weighted by Crippen LogP contribution is -2.30. The Morgan fingerprint density at radius 3 is 2.12 bits per heavy atom. The Morgan fingerprint density at radius 1 is 1.00 bits per heavy atom. The number of benzene rings is 2. The zero-order valence-corrected chi connectivity index (χ0v) is 18.5. The Kier molecular flexibility index (Phi) is 7.10. The first-order chi connectivity index (χ1) is 11.4. The summed E-state index contributed by atoms with van der Waals surface area (Å²) in [4.78, 5) is 0.263. The van der Waals surface area contributed by atoms with Crippen molar-refractivity contribution in [1.82, 2.24) is 4.31 Å². The third-order valence-electron chi connectivity index (χ3n) is 3.32. The van der Waals surface area contributed by atoms with Crippen LogP contribution in [0.5, 0.6) is 0 Å². The van der Waals surface area contributed by atoms with Gasteiger partial charge in [0.15, 0.2) is 0 Å². The molecule has 0 amide bonds. The van der Waals surface area contributed by atoms with E-state index < -0.39 is 10.0 Å². The van der Waals surface area contributed by atoms with Crippen molar-refractivity contribution in [2.45, 2.75) is 11.8 Å². The fourth-order valence-corrected chi connectivity index (χ4v) is 5.58. The zero-order chi connectivity index (χ0) is 17.7. The maximum absolute atomic E-state index is 13.0. The molecule has 0 aliphatic carbocycles. The van der Waals surface area contributed by atoms with Gasteiger partial charge in [-0.3, -0.25) is 4.31 Å². The van der Waals surface area contributed by atoms with Crippen molar-refractivity contribution in [2.24, 2.45) is 0 Å². The van der Waals surface area contributed by atoms with E-state index in [1.807, 2.05) is 37.3 Å². The minimum Gasteiger partial charge on any atom is -0.258 e. The van der Waals surface area contributed by atoms with E-state index >= 15 is 0 Å². The molecule has 0 aliphatic rings. The van der Waals surface area contributed by atoms with E-state index in [1.165, 1.54) is 4.31 Å². The van der Waals surface area contributed by atoms with Gasteiger partial charge in [0.1, 0.15) is 4.61 Å². The first-order valence-corrected chi connectivity index (χ1v) is 11.3. The van der Waals surface area contributed by atoms with Crippen molar-refractivity contribution in [3.05, 3.63) is 70.3 Å². The van der Waals surface area contributed by atoms with Crippen LogP contribution in [0.25, 0.3) is 4.48 Å². The molecule has 0 radical (unpaired) electrons. The highest BCUT2D eigenvalue weighted by Crippen LogP contribution is 2.34. The number of alkyl halides is 1. The summed E-state index contributed by atoms with van der Waals surface area (Å²) < 4.78 is 28.6. The van der Waals surface area contributed by atoms with Crippen LogP contribution >= 0.6 is 47.8 Å². The highest BCUT2D eigenvalue weighted by atomic mass is 79.9. The Hall–Kier alpha value is -0.630. The third kappa shape index (κ3) is 4.50. The smallest absolute Gasteiger partial charge is 0.258 e. The number of hydrogen-bond donors (Lipinski definition) is 0. The Bertz CT molecular complexity index is 819. The molecule has 0 aromatic heterocycles. The molecule has 2 aromatic rings. The molecule has 2 rings (SSSR count). The molecule has 0 spiro atoms. The molecule has 0 saturated heterocycles. The number of sulfonamides is 1. The minimum atomic E-state index is -3.66. The van der Waals surface area contributed by atoms with E-state index in [9.17, 15) is 8.42 Å². The van der Waals surface area contributed by atoms with Gasteiger partial charge in [-0.15, -0.1) is 0 Å². The van der Waals surface area contributed by atoms with Crippen molar-refractivity contribution in [3.8, 4) is 0 Å². The standard InChI is InChI=1S/C17H16Br3NO2S/c1-13-7-9-15(10-8-13)24(22,23)21(12-11-18)17(20)16(19)14-5-3-2-4-6-14/h2-10H,11-12H2,1H3/b17-16-. The van der Waals surface area contributed by atoms with Crippen molar-refractivity contribution in [1.29, 1.82) is 0 Å². The van der Waals surface area contributed by atoms with Gasteiger partial charge in [-0.2, -0.15) is 0 Å². The number of halogens is 3. The Morgan fingerprint density at radius 2 is 1.58 bits per heavy atom. The highest BCUT2D eigenvalue weighted by molar-refractivity contribution is 9.16. The fraction of sp³-hybridized carbons (Fsp3) is 0.176. The lowest BCUT2D eigenvalue weighted by Gasteiger charge is -2.24. The maximum Gasteiger partial charge on any atom is 0.264 e. The summed E-state index contributed by atoms with van der Waals surface area (Å²) in [6.07, 6.45) is 0. The third-order valence-corrected chi connectivity index (χ3v) is 7.92. The largest absolute Gasteiger partial charge is 0.264 e. The number of rotatable bonds is 6. The SMILES string of the molecule is Cc1ccc(S(=O)(=O)N(CCBr)/C(Br)=C(\Br)c2ccccc2)cc1. The van der Waals surface area contributed by atoms with E-state index in [1.54, 1.807) is 24.3 Å². The van der Waals surface area contributed by atoms with Gasteiger partial charge in [-0.1, -0.05) is 64.0 Å². The topological polar surface area (TPSA) is 37.4 Å². The van der Waals surface area contributed by atoms with Gasteiger partial charge in [0.2, 0.25) is 0 Å². The Labute approximate surface area is 168 Å². The molecule has 0 bridgehead atoms. The second-order valence-electron chi connectivity index (χ2n) is 5.05. The molecule has 2 aromatic carbocycles. The van der Waals surface area contributed by atoms with Gasteiger partial charge >= 0.3 is 0 Å². The molecule has 0 unspecified atom stereocenters. The van der Waals surface area contributed by atoms with Crippen molar-refractivity contribution in [3.63, 3.8) is 0 Å². The summed E-state index contributed by atoms with van der Waals surface area (Å²) in [5, 5.41) is 0.516. The highest BCUT2D eigenvalue weighted by Gasteiger charge is 2.27. The molecular weight excluding hydrogens is 522 g/mol. The first kappa shape index (κ1) is 19.7. The molecule has 24 heavy (non-hydrogen) atoms.